The number of ketones is 1. The van der Waals surface area contributed by atoms with E-state index < -0.39 is 11.7 Å². The zero-order chi connectivity index (χ0) is 15.8. The zero-order valence-electron chi connectivity index (χ0n) is 12.8. The van der Waals surface area contributed by atoms with Gasteiger partial charge in [0.15, 0.2) is 0 Å². The number of likely N-dealkylation sites (N-methyl/N-ethyl adjacent to an activating group) is 1. The number of rotatable bonds is 6. The first-order valence-electron chi connectivity index (χ1n) is 6.85. The van der Waals surface area contributed by atoms with Crippen LogP contribution < -0.4 is 0 Å². The van der Waals surface area contributed by atoms with Crippen molar-refractivity contribution < 1.29 is 9.59 Å². The molecule has 0 bridgehead atoms. The number of carbonyl (C=O) groups excluding carboxylic acids is 2. The molecule has 0 aliphatic heterocycles. The van der Waals surface area contributed by atoms with Crippen molar-refractivity contribution in [2.75, 3.05) is 20.6 Å². The van der Waals surface area contributed by atoms with Crippen molar-refractivity contribution >= 4 is 17.4 Å². The van der Waals surface area contributed by atoms with Crippen molar-refractivity contribution in [2.24, 2.45) is 5.10 Å². The molecule has 0 atom stereocenters. The van der Waals surface area contributed by atoms with Gasteiger partial charge in [0.05, 0.1) is 12.3 Å². The fourth-order valence-electron chi connectivity index (χ4n) is 1.86. The Balaban J connectivity index is 2.62. The van der Waals surface area contributed by atoms with Crippen LogP contribution in [0.1, 0.15) is 26.2 Å². The van der Waals surface area contributed by atoms with Gasteiger partial charge < -0.3 is 4.90 Å². The summed E-state index contributed by atoms with van der Waals surface area (Å²) in [6.45, 7) is 2.12. The van der Waals surface area contributed by atoms with Gasteiger partial charge >= 0.3 is 0 Å². The van der Waals surface area contributed by atoms with Gasteiger partial charge in [0.1, 0.15) is 0 Å². The molecular weight excluding hydrogens is 266 g/mol. The van der Waals surface area contributed by atoms with Crippen molar-refractivity contribution in [1.82, 2.24) is 9.91 Å². The summed E-state index contributed by atoms with van der Waals surface area (Å²) in [7, 11) is 3.09. The van der Waals surface area contributed by atoms with E-state index in [1.54, 1.807) is 14.1 Å². The Labute approximate surface area is 126 Å². The molecule has 0 aromatic rings. The summed E-state index contributed by atoms with van der Waals surface area (Å²) >= 11 is 0. The third-order valence-corrected chi connectivity index (χ3v) is 3.09. The first kappa shape index (κ1) is 16.7. The van der Waals surface area contributed by atoms with Crippen LogP contribution in [0.5, 0.6) is 0 Å². The molecule has 0 spiro atoms. The standard InChI is InChI=1S/C16H21N3O2/c1-5-19(12-11-15(20)16(21)18(3)4)17-13(2)14-9-7-6-8-10-14/h1,6-7,9H,8,10-12H2,2-4H3. The van der Waals surface area contributed by atoms with E-state index in [0.717, 1.165) is 24.1 Å². The first-order valence-corrected chi connectivity index (χ1v) is 6.85. The van der Waals surface area contributed by atoms with E-state index in [0.29, 0.717) is 0 Å². The lowest BCUT2D eigenvalue weighted by Crippen LogP contribution is -2.31. The number of hydrogen-bond donors (Lipinski definition) is 0. The van der Waals surface area contributed by atoms with Crippen LogP contribution in [-0.2, 0) is 9.59 Å². The van der Waals surface area contributed by atoms with Crippen molar-refractivity contribution in [3.8, 4) is 12.5 Å². The third-order valence-electron chi connectivity index (χ3n) is 3.09. The van der Waals surface area contributed by atoms with Gasteiger partial charge in [0.2, 0.25) is 5.78 Å². The van der Waals surface area contributed by atoms with Crippen molar-refractivity contribution in [3.63, 3.8) is 0 Å². The molecule has 0 heterocycles. The molecule has 0 radical (unpaired) electrons. The molecule has 1 aliphatic carbocycles. The number of Topliss-reactive ketones (excluding diaryl/α,β-unsaturated/α-hetero) is 1. The Morgan fingerprint density at radius 1 is 1.43 bits per heavy atom. The highest BCUT2D eigenvalue weighted by molar-refractivity contribution is 6.35. The number of terminal acetylenes is 1. The van der Waals surface area contributed by atoms with Gasteiger partial charge in [-0.25, -0.2) is 5.01 Å². The number of nitrogens with zero attached hydrogens (tertiary/aromatic N) is 3. The van der Waals surface area contributed by atoms with E-state index in [4.69, 9.17) is 6.42 Å². The van der Waals surface area contributed by atoms with E-state index in [1.807, 2.05) is 19.1 Å². The predicted octanol–water partition coefficient (Wildman–Crippen LogP) is 1.58. The Morgan fingerprint density at radius 2 is 2.14 bits per heavy atom. The van der Waals surface area contributed by atoms with Gasteiger partial charge in [0, 0.05) is 26.6 Å². The normalized spacial score (nSPS) is 14.2. The topological polar surface area (TPSA) is 53.0 Å². The first-order chi connectivity index (χ1) is 9.95. The lowest BCUT2D eigenvalue weighted by atomic mass is 10.0. The van der Waals surface area contributed by atoms with Crippen LogP contribution in [0, 0.1) is 12.5 Å². The van der Waals surface area contributed by atoms with Gasteiger partial charge in [-0.2, -0.15) is 5.10 Å². The average molecular weight is 287 g/mol. The number of carbonyl (C=O) groups is 2. The fourth-order valence-corrected chi connectivity index (χ4v) is 1.86. The summed E-state index contributed by atoms with van der Waals surface area (Å²) in [5.74, 6) is -0.985. The van der Waals surface area contributed by atoms with E-state index in [1.165, 1.54) is 9.91 Å². The summed E-state index contributed by atoms with van der Waals surface area (Å²) in [4.78, 5) is 24.4. The molecule has 21 heavy (non-hydrogen) atoms. The minimum absolute atomic E-state index is 0.0525. The van der Waals surface area contributed by atoms with Gasteiger partial charge in [-0.15, -0.1) is 0 Å². The molecule has 0 aromatic carbocycles. The quantitative estimate of drug-likeness (QED) is 0.245. The van der Waals surface area contributed by atoms with Crippen LogP contribution >= 0.6 is 0 Å². The molecule has 0 fully saturated rings. The molecule has 112 valence electrons. The molecule has 0 N–H and O–H groups in total. The monoisotopic (exact) mass is 287 g/mol. The molecule has 1 aliphatic rings. The van der Waals surface area contributed by atoms with E-state index in [-0.39, 0.29) is 13.0 Å². The number of amides is 1. The molecule has 0 saturated heterocycles. The molecule has 5 heteroatoms. The maximum Gasteiger partial charge on any atom is 0.289 e. The van der Waals surface area contributed by atoms with Gasteiger partial charge in [-0.3, -0.25) is 9.59 Å². The molecular formula is C16H21N3O2. The minimum Gasteiger partial charge on any atom is -0.342 e. The van der Waals surface area contributed by atoms with Gasteiger partial charge in [-0.1, -0.05) is 24.7 Å². The average Bonchev–Trinajstić information content (AvgIpc) is 2.50. The number of allylic oxidation sites excluding steroid dienone is 4. The van der Waals surface area contributed by atoms with E-state index >= 15 is 0 Å². The second-order valence-electron chi connectivity index (χ2n) is 4.97. The second kappa shape index (κ2) is 8.05. The van der Waals surface area contributed by atoms with Crippen LogP contribution in [0.2, 0.25) is 0 Å². The largest absolute Gasteiger partial charge is 0.342 e. The Hall–Kier alpha value is -2.35. The van der Waals surface area contributed by atoms with Crippen LogP contribution in [-0.4, -0.2) is 48.0 Å². The van der Waals surface area contributed by atoms with Crippen molar-refractivity contribution in [3.05, 3.63) is 23.8 Å². The van der Waals surface area contributed by atoms with Crippen LogP contribution in [0.15, 0.2) is 28.9 Å². The van der Waals surface area contributed by atoms with E-state index in [2.05, 4.69) is 17.2 Å². The number of hydrazone groups is 1. The minimum atomic E-state index is -0.521. The zero-order valence-corrected chi connectivity index (χ0v) is 12.8. The lowest BCUT2D eigenvalue weighted by Gasteiger charge is -2.15. The molecule has 1 amide bonds. The SMILES string of the molecule is C#CN(CCC(=O)C(=O)N(C)C)N=C(C)C1=CC=CCC1. The molecule has 5 nitrogen and oxygen atoms in total. The van der Waals surface area contributed by atoms with Crippen LogP contribution in [0.4, 0.5) is 0 Å². The summed E-state index contributed by atoms with van der Waals surface area (Å²) in [5.41, 5.74) is 1.97. The predicted molar refractivity (Wildman–Crippen MR) is 83.4 cm³/mol. The second-order valence-corrected chi connectivity index (χ2v) is 4.97. The van der Waals surface area contributed by atoms with Crippen molar-refractivity contribution in [2.45, 2.75) is 26.2 Å². The number of hydrogen-bond acceptors (Lipinski definition) is 4. The highest BCUT2D eigenvalue weighted by Gasteiger charge is 2.16. The van der Waals surface area contributed by atoms with Gasteiger partial charge in [0.25, 0.3) is 5.91 Å². The molecule has 1 rings (SSSR count). The summed E-state index contributed by atoms with van der Waals surface area (Å²) in [6.07, 6.45) is 13.5. The van der Waals surface area contributed by atoms with Gasteiger partial charge in [-0.05, 0) is 25.3 Å². The summed E-state index contributed by atoms with van der Waals surface area (Å²) < 4.78 is 0. The highest BCUT2D eigenvalue weighted by Crippen LogP contribution is 2.14. The smallest absolute Gasteiger partial charge is 0.289 e. The maximum absolute atomic E-state index is 11.6. The Bertz CT molecular complexity index is 536. The maximum atomic E-state index is 11.6. The fraction of sp³-hybridized carbons (Fsp3) is 0.438. The van der Waals surface area contributed by atoms with Crippen LogP contribution in [0.25, 0.3) is 0 Å². The molecule has 0 aromatic heterocycles. The van der Waals surface area contributed by atoms with Crippen LogP contribution in [0.3, 0.4) is 0 Å². The molecule has 0 unspecified atom stereocenters. The Kier molecular flexibility index (Phi) is 6.41. The molecule has 0 saturated carbocycles. The lowest BCUT2D eigenvalue weighted by molar-refractivity contribution is -0.143. The third kappa shape index (κ3) is 5.27. The Morgan fingerprint density at radius 3 is 2.67 bits per heavy atom. The summed E-state index contributed by atoms with van der Waals surface area (Å²) in [5, 5.41) is 5.70. The van der Waals surface area contributed by atoms with Crippen molar-refractivity contribution in [1.29, 1.82) is 0 Å². The highest BCUT2D eigenvalue weighted by atomic mass is 16.2. The summed E-state index contributed by atoms with van der Waals surface area (Å²) in [6, 6.07) is 2.42. The van der Waals surface area contributed by atoms with E-state index in [9.17, 15) is 9.59 Å².